The highest BCUT2D eigenvalue weighted by Crippen LogP contribution is 2.25. The minimum atomic E-state index is 0.310. The van der Waals surface area contributed by atoms with Crippen LogP contribution < -0.4 is 5.32 Å². The lowest BCUT2D eigenvalue weighted by atomic mass is 9.93. The summed E-state index contributed by atoms with van der Waals surface area (Å²) in [7, 11) is 0. The summed E-state index contributed by atoms with van der Waals surface area (Å²) in [4.78, 5) is 0. The van der Waals surface area contributed by atoms with Gasteiger partial charge in [-0.05, 0) is 38.6 Å². The summed E-state index contributed by atoms with van der Waals surface area (Å²) in [6.07, 6.45) is 9.37. The number of hydrogen-bond donors (Lipinski definition) is 2. The average Bonchev–Trinajstić information content (AvgIpc) is 2.46. The molecule has 2 nitrogen and oxygen atoms in total. The van der Waals surface area contributed by atoms with E-state index in [-0.39, 0.29) is 0 Å². The molecule has 84 valence electrons. The van der Waals surface area contributed by atoms with Gasteiger partial charge in [0.15, 0.2) is 0 Å². The minimum absolute atomic E-state index is 0.310. The number of aliphatic hydroxyl groups is 1. The molecule has 0 aromatic rings. The van der Waals surface area contributed by atoms with E-state index < -0.39 is 0 Å². The molecule has 14 heavy (non-hydrogen) atoms. The van der Waals surface area contributed by atoms with Crippen molar-refractivity contribution >= 4 is 0 Å². The summed E-state index contributed by atoms with van der Waals surface area (Å²) in [5, 5.41) is 12.2. The first-order valence-corrected chi connectivity index (χ1v) is 6.19. The van der Waals surface area contributed by atoms with Gasteiger partial charge in [-0.2, -0.15) is 0 Å². The lowest BCUT2D eigenvalue weighted by Gasteiger charge is -2.23. The molecule has 1 aliphatic rings. The van der Waals surface area contributed by atoms with Gasteiger partial charge in [0, 0.05) is 12.6 Å². The van der Waals surface area contributed by atoms with Crippen molar-refractivity contribution in [2.24, 2.45) is 5.92 Å². The highest BCUT2D eigenvalue weighted by atomic mass is 16.3. The van der Waals surface area contributed by atoms with Crippen molar-refractivity contribution in [3.63, 3.8) is 0 Å². The van der Waals surface area contributed by atoms with Crippen LogP contribution in [0.3, 0.4) is 0 Å². The predicted molar refractivity (Wildman–Crippen MR) is 60.4 cm³/mol. The van der Waals surface area contributed by atoms with Crippen molar-refractivity contribution in [1.29, 1.82) is 0 Å². The maximum absolute atomic E-state index is 8.69. The molecule has 2 N–H and O–H groups in total. The van der Waals surface area contributed by atoms with Gasteiger partial charge >= 0.3 is 0 Å². The Balaban J connectivity index is 2.16. The van der Waals surface area contributed by atoms with Crippen molar-refractivity contribution in [3.8, 4) is 0 Å². The maximum Gasteiger partial charge on any atom is 0.0443 e. The molecule has 0 aromatic heterocycles. The van der Waals surface area contributed by atoms with E-state index in [0.717, 1.165) is 18.9 Å². The Morgan fingerprint density at radius 1 is 1.21 bits per heavy atom. The van der Waals surface area contributed by atoms with Gasteiger partial charge in [0.2, 0.25) is 0 Å². The van der Waals surface area contributed by atoms with Gasteiger partial charge in [-0.25, -0.2) is 0 Å². The van der Waals surface area contributed by atoms with E-state index in [2.05, 4.69) is 12.2 Å². The van der Waals surface area contributed by atoms with Gasteiger partial charge in [0.1, 0.15) is 0 Å². The van der Waals surface area contributed by atoms with Gasteiger partial charge in [-0.1, -0.05) is 25.7 Å². The Morgan fingerprint density at radius 3 is 2.43 bits per heavy atom. The van der Waals surface area contributed by atoms with Crippen LogP contribution >= 0.6 is 0 Å². The van der Waals surface area contributed by atoms with Crippen LogP contribution in [-0.2, 0) is 0 Å². The topological polar surface area (TPSA) is 32.3 Å². The van der Waals surface area contributed by atoms with Gasteiger partial charge in [-0.15, -0.1) is 0 Å². The Bertz CT molecular complexity index is 130. The predicted octanol–water partition coefficient (Wildman–Crippen LogP) is 2.32. The van der Waals surface area contributed by atoms with E-state index in [4.69, 9.17) is 5.11 Å². The molecular formula is C12H25NO. The zero-order valence-electron chi connectivity index (χ0n) is 9.47. The molecule has 0 unspecified atom stereocenters. The molecular weight excluding hydrogens is 174 g/mol. The second kappa shape index (κ2) is 7.24. The molecule has 0 radical (unpaired) electrons. The molecule has 1 fully saturated rings. The van der Waals surface area contributed by atoms with Crippen LogP contribution in [0.15, 0.2) is 0 Å². The molecule has 1 rings (SSSR count). The molecule has 0 saturated heterocycles. The zero-order valence-corrected chi connectivity index (χ0v) is 9.47. The second-order valence-electron chi connectivity index (χ2n) is 4.57. The van der Waals surface area contributed by atoms with Gasteiger partial charge in [0.05, 0.1) is 0 Å². The first-order chi connectivity index (χ1) is 6.84. The highest BCUT2D eigenvalue weighted by molar-refractivity contribution is 4.74. The molecule has 1 saturated carbocycles. The van der Waals surface area contributed by atoms with E-state index >= 15 is 0 Å². The lowest BCUT2D eigenvalue weighted by molar-refractivity contribution is 0.273. The maximum atomic E-state index is 8.69. The molecule has 1 aliphatic carbocycles. The van der Waals surface area contributed by atoms with E-state index in [1.54, 1.807) is 0 Å². The summed E-state index contributed by atoms with van der Waals surface area (Å²) >= 11 is 0. The van der Waals surface area contributed by atoms with E-state index in [1.165, 1.54) is 38.5 Å². The molecule has 0 spiro atoms. The van der Waals surface area contributed by atoms with E-state index in [1.807, 2.05) is 0 Å². The van der Waals surface area contributed by atoms with Crippen LogP contribution in [0, 0.1) is 5.92 Å². The number of aliphatic hydroxyl groups excluding tert-OH is 1. The number of nitrogens with one attached hydrogen (secondary N) is 1. The molecule has 0 bridgehead atoms. The standard InChI is InChI=1S/C12H25NO/c1-11(13-9-6-10-14)12-7-4-2-3-5-8-12/h11-14H,2-10H2,1H3/t11-/m1/s1. The first kappa shape index (κ1) is 12.0. The first-order valence-electron chi connectivity index (χ1n) is 6.19. The van der Waals surface area contributed by atoms with Crippen LogP contribution in [0.25, 0.3) is 0 Å². The van der Waals surface area contributed by atoms with Crippen LogP contribution in [0.1, 0.15) is 51.9 Å². The molecule has 0 amide bonds. The van der Waals surface area contributed by atoms with Crippen LogP contribution in [0.4, 0.5) is 0 Å². The summed E-state index contributed by atoms with van der Waals surface area (Å²) in [5.74, 6) is 0.871. The molecule has 2 heteroatoms. The number of rotatable bonds is 5. The van der Waals surface area contributed by atoms with Crippen LogP contribution in [-0.4, -0.2) is 24.3 Å². The third-order valence-electron chi connectivity index (χ3n) is 3.41. The minimum Gasteiger partial charge on any atom is -0.396 e. The van der Waals surface area contributed by atoms with Crippen molar-refractivity contribution in [2.75, 3.05) is 13.2 Å². The SMILES string of the molecule is C[C@@H](NCCCO)C1CCCCCC1. The molecule has 0 heterocycles. The number of hydrogen-bond acceptors (Lipinski definition) is 2. The van der Waals surface area contributed by atoms with Crippen LogP contribution in [0.5, 0.6) is 0 Å². The average molecular weight is 199 g/mol. The fourth-order valence-electron chi connectivity index (χ4n) is 2.39. The Labute approximate surface area is 88.1 Å². The lowest BCUT2D eigenvalue weighted by Crippen LogP contribution is -2.34. The summed E-state index contributed by atoms with van der Waals surface area (Å²) in [6, 6.07) is 0.639. The summed E-state index contributed by atoms with van der Waals surface area (Å²) in [6.45, 7) is 3.58. The Morgan fingerprint density at radius 2 is 1.86 bits per heavy atom. The monoisotopic (exact) mass is 199 g/mol. The van der Waals surface area contributed by atoms with E-state index in [9.17, 15) is 0 Å². The smallest absolute Gasteiger partial charge is 0.0443 e. The van der Waals surface area contributed by atoms with Crippen molar-refractivity contribution in [2.45, 2.75) is 57.9 Å². The second-order valence-corrected chi connectivity index (χ2v) is 4.57. The third kappa shape index (κ3) is 4.43. The van der Waals surface area contributed by atoms with Crippen molar-refractivity contribution < 1.29 is 5.11 Å². The van der Waals surface area contributed by atoms with E-state index in [0.29, 0.717) is 12.6 Å². The normalized spacial score (nSPS) is 21.9. The zero-order chi connectivity index (χ0) is 10.2. The summed E-state index contributed by atoms with van der Waals surface area (Å²) in [5.41, 5.74) is 0. The van der Waals surface area contributed by atoms with Gasteiger partial charge < -0.3 is 10.4 Å². The largest absolute Gasteiger partial charge is 0.396 e. The van der Waals surface area contributed by atoms with Crippen molar-refractivity contribution in [1.82, 2.24) is 5.32 Å². The molecule has 0 aromatic carbocycles. The highest BCUT2D eigenvalue weighted by Gasteiger charge is 2.17. The van der Waals surface area contributed by atoms with Crippen molar-refractivity contribution in [3.05, 3.63) is 0 Å². The third-order valence-corrected chi connectivity index (χ3v) is 3.41. The Hall–Kier alpha value is -0.0800. The quantitative estimate of drug-likeness (QED) is 0.526. The van der Waals surface area contributed by atoms with Gasteiger partial charge in [0.25, 0.3) is 0 Å². The summed E-state index contributed by atoms with van der Waals surface area (Å²) < 4.78 is 0. The molecule has 1 atom stereocenters. The van der Waals surface area contributed by atoms with Crippen LogP contribution in [0.2, 0.25) is 0 Å². The fourth-order valence-corrected chi connectivity index (χ4v) is 2.39. The van der Waals surface area contributed by atoms with Gasteiger partial charge in [-0.3, -0.25) is 0 Å². The molecule has 0 aliphatic heterocycles. The Kier molecular flexibility index (Phi) is 6.20. The fraction of sp³-hybridized carbons (Fsp3) is 1.00.